The predicted octanol–water partition coefficient (Wildman–Crippen LogP) is 3.21. The van der Waals surface area contributed by atoms with E-state index in [9.17, 15) is 5.11 Å². The molecule has 2 heterocycles. The van der Waals surface area contributed by atoms with Crippen molar-refractivity contribution in [2.45, 2.75) is 19.8 Å². The Bertz CT molecular complexity index is 630. The average molecular weight is 304 g/mol. The number of aromatic nitrogens is 2. The molecule has 0 spiro atoms. The largest absolute Gasteiger partial charge is 0.508 e. The van der Waals surface area contributed by atoms with Crippen molar-refractivity contribution in [2.75, 3.05) is 18.0 Å². The van der Waals surface area contributed by atoms with Gasteiger partial charge in [0.1, 0.15) is 16.6 Å². The van der Waals surface area contributed by atoms with Crippen LogP contribution in [0.4, 0.5) is 5.82 Å². The fourth-order valence-corrected chi connectivity index (χ4v) is 3.03. The molecule has 0 aliphatic carbocycles. The zero-order valence-corrected chi connectivity index (χ0v) is 12.7. The number of hydrogen-bond acceptors (Lipinski definition) is 4. The Balaban J connectivity index is 1.67. The summed E-state index contributed by atoms with van der Waals surface area (Å²) < 4.78 is 0. The van der Waals surface area contributed by atoms with Gasteiger partial charge in [-0.25, -0.2) is 9.97 Å². The van der Waals surface area contributed by atoms with Crippen LogP contribution in [0.25, 0.3) is 0 Å². The molecular weight excluding hydrogens is 286 g/mol. The van der Waals surface area contributed by atoms with E-state index in [4.69, 9.17) is 11.6 Å². The number of aryl methyl sites for hydroxylation is 1. The normalized spacial score (nSPS) is 18.2. The minimum atomic E-state index is 0.315. The molecule has 110 valence electrons. The summed E-state index contributed by atoms with van der Waals surface area (Å²) in [6.07, 6.45) is 3.81. The summed E-state index contributed by atoms with van der Waals surface area (Å²) in [5.74, 6) is 2.49. The maximum Gasteiger partial charge on any atom is 0.151 e. The lowest BCUT2D eigenvalue weighted by Crippen LogP contribution is -2.22. The van der Waals surface area contributed by atoms with Crippen LogP contribution in [0, 0.1) is 12.8 Å². The Hall–Kier alpha value is -1.81. The summed E-state index contributed by atoms with van der Waals surface area (Å²) in [6.45, 7) is 3.81. The highest BCUT2D eigenvalue weighted by molar-refractivity contribution is 6.32. The van der Waals surface area contributed by atoms with E-state index in [0.717, 1.165) is 37.6 Å². The molecule has 3 rings (SSSR count). The number of halogens is 1. The van der Waals surface area contributed by atoms with Crippen molar-refractivity contribution in [1.82, 2.24) is 9.97 Å². The van der Waals surface area contributed by atoms with Gasteiger partial charge in [0.25, 0.3) is 0 Å². The Labute approximate surface area is 129 Å². The van der Waals surface area contributed by atoms with Gasteiger partial charge in [-0.3, -0.25) is 0 Å². The number of rotatable bonds is 3. The van der Waals surface area contributed by atoms with Crippen molar-refractivity contribution in [1.29, 1.82) is 0 Å². The summed E-state index contributed by atoms with van der Waals surface area (Å²) in [5.41, 5.74) is 1.25. The van der Waals surface area contributed by atoms with Gasteiger partial charge in [-0.1, -0.05) is 23.7 Å². The van der Waals surface area contributed by atoms with E-state index in [1.54, 1.807) is 18.3 Å². The van der Waals surface area contributed by atoms with Crippen molar-refractivity contribution in [3.63, 3.8) is 0 Å². The van der Waals surface area contributed by atoms with Crippen molar-refractivity contribution < 1.29 is 5.11 Å². The molecule has 1 aliphatic heterocycles. The monoisotopic (exact) mass is 303 g/mol. The number of anilines is 1. The summed E-state index contributed by atoms with van der Waals surface area (Å²) in [6, 6.07) is 7.46. The molecule has 1 atom stereocenters. The second-order valence-electron chi connectivity index (χ2n) is 5.56. The molecule has 1 saturated heterocycles. The van der Waals surface area contributed by atoms with E-state index in [1.807, 2.05) is 19.1 Å². The van der Waals surface area contributed by atoms with Crippen LogP contribution in [0.2, 0.25) is 5.02 Å². The van der Waals surface area contributed by atoms with Gasteiger partial charge in [-0.2, -0.15) is 0 Å². The number of nitrogens with zero attached hydrogens (tertiary/aromatic N) is 3. The SMILES string of the molecule is Cc1ncc(Cl)c(N2CCC(Cc3ccc(O)cc3)C2)n1. The molecule has 0 radical (unpaired) electrons. The number of hydrogen-bond donors (Lipinski definition) is 1. The molecule has 1 aromatic carbocycles. The van der Waals surface area contributed by atoms with Crippen LogP contribution in [0.1, 0.15) is 17.8 Å². The van der Waals surface area contributed by atoms with Gasteiger partial charge in [0.15, 0.2) is 5.82 Å². The second kappa shape index (κ2) is 5.90. The predicted molar refractivity (Wildman–Crippen MR) is 83.9 cm³/mol. The first kappa shape index (κ1) is 14.1. The molecule has 0 saturated carbocycles. The van der Waals surface area contributed by atoms with Crippen molar-refractivity contribution in [3.8, 4) is 5.75 Å². The fourth-order valence-electron chi connectivity index (χ4n) is 2.82. The topological polar surface area (TPSA) is 49.2 Å². The van der Waals surface area contributed by atoms with E-state index in [2.05, 4.69) is 14.9 Å². The molecule has 4 nitrogen and oxygen atoms in total. The first-order valence-electron chi connectivity index (χ1n) is 7.14. The lowest BCUT2D eigenvalue weighted by Gasteiger charge is -2.19. The number of phenolic OH excluding ortho intramolecular Hbond substituents is 1. The minimum Gasteiger partial charge on any atom is -0.508 e. The molecule has 5 heteroatoms. The summed E-state index contributed by atoms with van der Waals surface area (Å²) in [4.78, 5) is 10.8. The number of phenols is 1. The van der Waals surface area contributed by atoms with E-state index in [-0.39, 0.29) is 0 Å². The van der Waals surface area contributed by atoms with Gasteiger partial charge in [0.2, 0.25) is 0 Å². The van der Waals surface area contributed by atoms with E-state index in [0.29, 0.717) is 16.7 Å². The Kier molecular flexibility index (Phi) is 3.97. The lowest BCUT2D eigenvalue weighted by molar-refractivity contribution is 0.474. The zero-order chi connectivity index (χ0) is 14.8. The maximum absolute atomic E-state index is 9.33. The summed E-state index contributed by atoms with van der Waals surface area (Å²) in [5, 5.41) is 9.94. The highest BCUT2D eigenvalue weighted by Gasteiger charge is 2.25. The van der Waals surface area contributed by atoms with Gasteiger partial charge in [-0.15, -0.1) is 0 Å². The minimum absolute atomic E-state index is 0.315. The van der Waals surface area contributed by atoms with E-state index >= 15 is 0 Å². The first-order chi connectivity index (χ1) is 10.1. The Morgan fingerprint density at radius 1 is 1.33 bits per heavy atom. The zero-order valence-electron chi connectivity index (χ0n) is 12.0. The third-order valence-electron chi connectivity index (χ3n) is 3.89. The summed E-state index contributed by atoms with van der Waals surface area (Å²) >= 11 is 6.21. The maximum atomic E-state index is 9.33. The lowest BCUT2D eigenvalue weighted by atomic mass is 9.99. The molecule has 1 unspecified atom stereocenters. The van der Waals surface area contributed by atoms with Gasteiger partial charge in [0.05, 0.1) is 6.20 Å². The molecule has 1 fully saturated rings. The third-order valence-corrected chi connectivity index (χ3v) is 4.16. The third kappa shape index (κ3) is 3.27. The van der Waals surface area contributed by atoms with E-state index in [1.165, 1.54) is 5.56 Å². The quantitative estimate of drug-likeness (QED) is 0.946. The van der Waals surface area contributed by atoms with Gasteiger partial charge in [0, 0.05) is 13.1 Å². The molecule has 1 aliphatic rings. The van der Waals surface area contributed by atoms with Crippen molar-refractivity contribution in [2.24, 2.45) is 5.92 Å². The van der Waals surface area contributed by atoms with Gasteiger partial charge >= 0.3 is 0 Å². The standard InChI is InChI=1S/C16H18ClN3O/c1-11-18-9-15(17)16(19-11)20-7-6-13(10-20)8-12-2-4-14(21)5-3-12/h2-5,9,13,21H,6-8,10H2,1H3. The van der Waals surface area contributed by atoms with Crippen LogP contribution in [0.5, 0.6) is 5.75 Å². The van der Waals surface area contributed by atoms with Crippen molar-refractivity contribution >= 4 is 17.4 Å². The molecule has 1 aromatic heterocycles. The highest BCUT2D eigenvalue weighted by Crippen LogP contribution is 2.29. The number of benzene rings is 1. The van der Waals surface area contributed by atoms with E-state index < -0.39 is 0 Å². The molecule has 0 amide bonds. The van der Waals surface area contributed by atoms with Crippen LogP contribution >= 0.6 is 11.6 Å². The van der Waals surface area contributed by atoms with Crippen LogP contribution in [0.3, 0.4) is 0 Å². The van der Waals surface area contributed by atoms with Crippen LogP contribution in [-0.2, 0) is 6.42 Å². The fraction of sp³-hybridized carbons (Fsp3) is 0.375. The van der Waals surface area contributed by atoms with Crippen LogP contribution < -0.4 is 4.90 Å². The highest BCUT2D eigenvalue weighted by atomic mass is 35.5. The smallest absolute Gasteiger partial charge is 0.151 e. The Morgan fingerprint density at radius 3 is 2.86 bits per heavy atom. The molecule has 21 heavy (non-hydrogen) atoms. The molecular formula is C16H18ClN3O. The van der Waals surface area contributed by atoms with Gasteiger partial charge in [-0.05, 0) is 43.4 Å². The summed E-state index contributed by atoms with van der Waals surface area (Å²) in [7, 11) is 0. The first-order valence-corrected chi connectivity index (χ1v) is 7.51. The van der Waals surface area contributed by atoms with Crippen molar-refractivity contribution in [3.05, 3.63) is 46.9 Å². The molecule has 2 aromatic rings. The average Bonchev–Trinajstić information content (AvgIpc) is 2.92. The molecule has 1 N–H and O–H groups in total. The second-order valence-corrected chi connectivity index (χ2v) is 5.97. The molecule has 0 bridgehead atoms. The Morgan fingerprint density at radius 2 is 2.10 bits per heavy atom. The van der Waals surface area contributed by atoms with Crippen LogP contribution in [-0.4, -0.2) is 28.2 Å². The van der Waals surface area contributed by atoms with Crippen LogP contribution in [0.15, 0.2) is 30.5 Å². The van der Waals surface area contributed by atoms with Gasteiger partial charge < -0.3 is 10.0 Å². The number of aromatic hydroxyl groups is 1.